The van der Waals surface area contributed by atoms with Crippen LogP contribution in [0.1, 0.15) is 21.5 Å². The topological polar surface area (TPSA) is 55.4 Å². The molecule has 0 saturated heterocycles. The predicted octanol–water partition coefficient (Wildman–Crippen LogP) is 3.24. The molecule has 2 rings (SSSR count). The fraction of sp³-hybridized carbons (Fsp3) is 0.176. The largest absolute Gasteiger partial charge is 0.452 e. The summed E-state index contributed by atoms with van der Waals surface area (Å²) in [7, 11) is 0. The molecule has 0 spiro atoms. The number of carbonyl (C=O) groups is 2. The van der Waals surface area contributed by atoms with Gasteiger partial charge < -0.3 is 10.1 Å². The first-order valence-electron chi connectivity index (χ1n) is 6.75. The maximum absolute atomic E-state index is 13.1. The molecule has 22 heavy (non-hydrogen) atoms. The van der Waals surface area contributed by atoms with Crippen LogP contribution in [0, 0.1) is 19.7 Å². The van der Waals surface area contributed by atoms with Gasteiger partial charge >= 0.3 is 5.97 Å². The van der Waals surface area contributed by atoms with Crippen LogP contribution in [0.2, 0.25) is 0 Å². The molecule has 114 valence electrons. The Labute approximate surface area is 127 Å². The number of hydrogen-bond donors (Lipinski definition) is 1. The highest BCUT2D eigenvalue weighted by Crippen LogP contribution is 2.15. The summed E-state index contributed by atoms with van der Waals surface area (Å²) in [6.07, 6.45) is 0. The summed E-state index contributed by atoms with van der Waals surface area (Å²) in [6, 6.07) is 10.9. The van der Waals surface area contributed by atoms with E-state index in [9.17, 15) is 14.0 Å². The van der Waals surface area contributed by atoms with E-state index in [4.69, 9.17) is 4.74 Å². The van der Waals surface area contributed by atoms with E-state index in [0.717, 1.165) is 11.1 Å². The summed E-state index contributed by atoms with van der Waals surface area (Å²) in [5.41, 5.74) is 2.48. The van der Waals surface area contributed by atoms with Gasteiger partial charge in [0.1, 0.15) is 5.82 Å². The van der Waals surface area contributed by atoms with E-state index < -0.39 is 24.3 Å². The third-order valence-corrected chi connectivity index (χ3v) is 3.10. The molecule has 0 aliphatic heterocycles. The number of amides is 1. The second-order valence-corrected chi connectivity index (χ2v) is 4.95. The Bertz CT molecular complexity index is 696. The minimum absolute atomic E-state index is 0.358. The normalized spacial score (nSPS) is 10.1. The van der Waals surface area contributed by atoms with Gasteiger partial charge in [0.25, 0.3) is 5.91 Å². The number of hydrogen-bond acceptors (Lipinski definition) is 3. The maximum Gasteiger partial charge on any atom is 0.338 e. The highest BCUT2D eigenvalue weighted by molar-refractivity contribution is 5.95. The summed E-state index contributed by atoms with van der Waals surface area (Å²) >= 11 is 0. The lowest BCUT2D eigenvalue weighted by Crippen LogP contribution is -2.21. The molecule has 1 N–H and O–H groups in total. The standard InChI is InChI=1S/C17H16FNO3/c1-11-3-6-13(7-4-11)17(21)22-10-16(20)19-15-9-14(18)8-5-12(15)2/h3-9H,10H2,1-2H3,(H,19,20). The number of ether oxygens (including phenoxy) is 1. The second kappa shape index (κ2) is 6.85. The van der Waals surface area contributed by atoms with Gasteiger partial charge in [0.2, 0.25) is 0 Å². The van der Waals surface area contributed by atoms with E-state index >= 15 is 0 Å². The van der Waals surface area contributed by atoms with E-state index in [0.29, 0.717) is 11.3 Å². The Hall–Kier alpha value is -2.69. The van der Waals surface area contributed by atoms with Crippen molar-refractivity contribution in [2.75, 3.05) is 11.9 Å². The highest BCUT2D eigenvalue weighted by atomic mass is 19.1. The van der Waals surface area contributed by atoms with Crippen LogP contribution in [0.5, 0.6) is 0 Å². The summed E-state index contributed by atoms with van der Waals surface area (Å²) in [6.45, 7) is 3.22. The van der Waals surface area contributed by atoms with E-state index in [1.807, 2.05) is 6.92 Å². The van der Waals surface area contributed by atoms with Gasteiger partial charge in [0.15, 0.2) is 6.61 Å². The maximum atomic E-state index is 13.1. The van der Waals surface area contributed by atoms with Crippen molar-refractivity contribution in [3.63, 3.8) is 0 Å². The van der Waals surface area contributed by atoms with Gasteiger partial charge in [-0.05, 0) is 43.7 Å². The molecular weight excluding hydrogens is 285 g/mol. The van der Waals surface area contributed by atoms with Crippen LogP contribution in [-0.2, 0) is 9.53 Å². The predicted molar refractivity (Wildman–Crippen MR) is 81.2 cm³/mol. The van der Waals surface area contributed by atoms with Crippen LogP contribution >= 0.6 is 0 Å². The summed E-state index contributed by atoms with van der Waals surface area (Å²) < 4.78 is 18.1. The molecule has 0 unspecified atom stereocenters. The van der Waals surface area contributed by atoms with Crippen LogP contribution < -0.4 is 5.32 Å². The van der Waals surface area contributed by atoms with E-state index in [1.165, 1.54) is 12.1 Å². The molecule has 0 aromatic heterocycles. The summed E-state index contributed by atoms with van der Waals surface area (Å²) in [5, 5.41) is 2.51. The van der Waals surface area contributed by atoms with Crippen molar-refractivity contribution in [3.8, 4) is 0 Å². The molecule has 4 nitrogen and oxygen atoms in total. The van der Waals surface area contributed by atoms with Crippen molar-refractivity contribution in [3.05, 3.63) is 65.0 Å². The lowest BCUT2D eigenvalue weighted by molar-refractivity contribution is -0.119. The van der Waals surface area contributed by atoms with E-state index in [1.54, 1.807) is 37.3 Å². The number of benzene rings is 2. The lowest BCUT2D eigenvalue weighted by atomic mass is 10.1. The van der Waals surface area contributed by atoms with E-state index in [2.05, 4.69) is 5.32 Å². The third kappa shape index (κ3) is 4.15. The van der Waals surface area contributed by atoms with Gasteiger partial charge in [-0.25, -0.2) is 9.18 Å². The summed E-state index contributed by atoms with van der Waals surface area (Å²) in [4.78, 5) is 23.5. The average Bonchev–Trinajstić information content (AvgIpc) is 2.49. The Kier molecular flexibility index (Phi) is 4.88. The average molecular weight is 301 g/mol. The van der Waals surface area contributed by atoms with Crippen LogP contribution in [0.15, 0.2) is 42.5 Å². The van der Waals surface area contributed by atoms with Gasteiger partial charge in [-0.3, -0.25) is 4.79 Å². The van der Waals surface area contributed by atoms with Crippen molar-refractivity contribution < 1.29 is 18.7 Å². The number of halogens is 1. The van der Waals surface area contributed by atoms with Gasteiger partial charge in [0, 0.05) is 5.69 Å². The quantitative estimate of drug-likeness (QED) is 0.882. The first kappa shape index (κ1) is 15.7. The Morgan fingerprint density at radius 3 is 2.45 bits per heavy atom. The molecule has 0 fully saturated rings. The van der Waals surface area contributed by atoms with Crippen molar-refractivity contribution in [1.82, 2.24) is 0 Å². The van der Waals surface area contributed by atoms with Crippen molar-refractivity contribution >= 4 is 17.6 Å². The van der Waals surface area contributed by atoms with Gasteiger partial charge in [-0.15, -0.1) is 0 Å². The lowest BCUT2D eigenvalue weighted by Gasteiger charge is -2.09. The molecule has 0 atom stereocenters. The SMILES string of the molecule is Cc1ccc(C(=O)OCC(=O)Nc2cc(F)ccc2C)cc1. The van der Waals surface area contributed by atoms with Crippen molar-refractivity contribution in [2.24, 2.45) is 0 Å². The number of aryl methyl sites for hydroxylation is 2. The van der Waals surface area contributed by atoms with Crippen molar-refractivity contribution in [1.29, 1.82) is 0 Å². The molecule has 0 heterocycles. The number of esters is 1. The smallest absolute Gasteiger partial charge is 0.338 e. The van der Waals surface area contributed by atoms with Crippen LogP contribution in [0.3, 0.4) is 0 Å². The number of nitrogens with one attached hydrogen (secondary N) is 1. The molecule has 2 aromatic carbocycles. The zero-order valence-electron chi connectivity index (χ0n) is 12.4. The molecule has 0 aliphatic rings. The monoisotopic (exact) mass is 301 g/mol. The fourth-order valence-electron chi connectivity index (χ4n) is 1.82. The zero-order chi connectivity index (χ0) is 16.1. The molecule has 2 aromatic rings. The molecule has 0 bridgehead atoms. The Morgan fingerprint density at radius 2 is 1.77 bits per heavy atom. The van der Waals surface area contributed by atoms with Gasteiger partial charge in [-0.2, -0.15) is 0 Å². The molecule has 0 saturated carbocycles. The second-order valence-electron chi connectivity index (χ2n) is 4.95. The zero-order valence-corrected chi connectivity index (χ0v) is 12.4. The fourth-order valence-corrected chi connectivity index (χ4v) is 1.82. The number of anilines is 1. The third-order valence-electron chi connectivity index (χ3n) is 3.10. The van der Waals surface area contributed by atoms with Crippen LogP contribution in [0.25, 0.3) is 0 Å². The van der Waals surface area contributed by atoms with Gasteiger partial charge in [-0.1, -0.05) is 23.8 Å². The Balaban J connectivity index is 1.91. The molecule has 5 heteroatoms. The minimum atomic E-state index is -0.578. The highest BCUT2D eigenvalue weighted by Gasteiger charge is 2.11. The minimum Gasteiger partial charge on any atom is -0.452 e. The first-order valence-corrected chi connectivity index (χ1v) is 6.75. The molecular formula is C17H16FNO3. The van der Waals surface area contributed by atoms with Crippen molar-refractivity contribution in [2.45, 2.75) is 13.8 Å². The van der Waals surface area contributed by atoms with E-state index in [-0.39, 0.29) is 0 Å². The summed E-state index contributed by atoms with van der Waals surface area (Å²) in [5.74, 6) is -1.54. The van der Waals surface area contributed by atoms with Crippen LogP contribution in [-0.4, -0.2) is 18.5 Å². The number of carbonyl (C=O) groups excluding carboxylic acids is 2. The molecule has 1 amide bonds. The molecule has 0 radical (unpaired) electrons. The number of rotatable bonds is 4. The van der Waals surface area contributed by atoms with Gasteiger partial charge in [0.05, 0.1) is 5.56 Å². The Morgan fingerprint density at radius 1 is 1.09 bits per heavy atom. The first-order chi connectivity index (χ1) is 10.5. The van der Waals surface area contributed by atoms with Crippen LogP contribution in [0.4, 0.5) is 10.1 Å². The molecule has 0 aliphatic carbocycles.